The summed E-state index contributed by atoms with van der Waals surface area (Å²) in [7, 11) is 0. The summed E-state index contributed by atoms with van der Waals surface area (Å²) >= 11 is 0. The van der Waals surface area contributed by atoms with Crippen LogP contribution in [0.4, 0.5) is 0 Å². The van der Waals surface area contributed by atoms with Gasteiger partial charge in [-0.15, -0.1) is 0 Å². The molecule has 3 nitrogen and oxygen atoms in total. The number of aliphatic hydroxyl groups excluding tert-OH is 1. The predicted octanol–water partition coefficient (Wildman–Crippen LogP) is 0.0702. The quantitative estimate of drug-likeness (QED) is 0.572. The normalized spacial score (nSPS) is 32.1. The summed E-state index contributed by atoms with van der Waals surface area (Å²) in [6, 6.07) is 2.12. The lowest BCUT2D eigenvalue weighted by Crippen LogP contribution is -2.21. The van der Waals surface area contributed by atoms with Gasteiger partial charge in [-0.05, 0) is 11.8 Å². The molecule has 1 heterocycles. The number of rotatable bonds is 2. The molecule has 1 aliphatic rings. The highest BCUT2D eigenvalue weighted by molar-refractivity contribution is 4.86. The molecular formula is C8H14N2O. The second kappa shape index (κ2) is 3.70. The molecule has 0 aromatic rings. The van der Waals surface area contributed by atoms with Crippen molar-refractivity contribution in [3.63, 3.8) is 0 Å². The minimum Gasteiger partial charge on any atom is -0.396 e. The van der Waals surface area contributed by atoms with E-state index in [9.17, 15) is 0 Å². The van der Waals surface area contributed by atoms with E-state index >= 15 is 0 Å². The van der Waals surface area contributed by atoms with Crippen LogP contribution in [0.5, 0.6) is 0 Å². The molecule has 1 rings (SSSR count). The van der Waals surface area contributed by atoms with Gasteiger partial charge in [-0.1, -0.05) is 6.92 Å². The summed E-state index contributed by atoms with van der Waals surface area (Å²) in [4.78, 5) is 2.09. The van der Waals surface area contributed by atoms with Gasteiger partial charge >= 0.3 is 0 Å². The first-order chi connectivity index (χ1) is 5.27. The van der Waals surface area contributed by atoms with Gasteiger partial charge in [0, 0.05) is 19.7 Å². The van der Waals surface area contributed by atoms with E-state index in [0.29, 0.717) is 18.4 Å². The molecule has 1 fully saturated rings. The fourth-order valence-corrected chi connectivity index (χ4v) is 1.61. The van der Waals surface area contributed by atoms with Crippen molar-refractivity contribution in [3.05, 3.63) is 0 Å². The van der Waals surface area contributed by atoms with Crippen molar-refractivity contribution in [1.82, 2.24) is 4.90 Å². The number of aliphatic hydroxyl groups is 1. The largest absolute Gasteiger partial charge is 0.396 e. The first-order valence-electron chi connectivity index (χ1n) is 3.98. The van der Waals surface area contributed by atoms with Crippen LogP contribution in [-0.2, 0) is 0 Å². The van der Waals surface area contributed by atoms with Gasteiger partial charge in [-0.3, -0.25) is 4.90 Å². The SMILES string of the molecule is C[C@@H]1CN(CC#N)C[C@H]1CO. The highest BCUT2D eigenvalue weighted by atomic mass is 16.3. The monoisotopic (exact) mass is 154 g/mol. The Labute approximate surface area is 67.2 Å². The van der Waals surface area contributed by atoms with E-state index in [2.05, 4.69) is 17.9 Å². The number of nitrogens with zero attached hydrogens (tertiary/aromatic N) is 2. The number of hydrogen-bond donors (Lipinski definition) is 1. The smallest absolute Gasteiger partial charge is 0.0866 e. The van der Waals surface area contributed by atoms with Crippen LogP contribution in [0.1, 0.15) is 6.92 Å². The maximum absolute atomic E-state index is 8.91. The van der Waals surface area contributed by atoms with Gasteiger partial charge in [0.15, 0.2) is 0 Å². The Bertz CT molecular complexity index is 164. The Morgan fingerprint density at radius 2 is 2.36 bits per heavy atom. The van der Waals surface area contributed by atoms with Gasteiger partial charge in [0.05, 0.1) is 12.6 Å². The molecule has 0 aromatic carbocycles. The van der Waals surface area contributed by atoms with Crippen LogP contribution >= 0.6 is 0 Å². The van der Waals surface area contributed by atoms with Gasteiger partial charge in [-0.25, -0.2) is 0 Å². The van der Waals surface area contributed by atoms with E-state index in [1.165, 1.54) is 0 Å². The van der Waals surface area contributed by atoms with Crippen LogP contribution < -0.4 is 0 Å². The molecule has 0 amide bonds. The Morgan fingerprint density at radius 3 is 2.82 bits per heavy atom. The predicted molar refractivity (Wildman–Crippen MR) is 41.8 cm³/mol. The van der Waals surface area contributed by atoms with Gasteiger partial charge in [0.1, 0.15) is 0 Å². The van der Waals surface area contributed by atoms with Crippen molar-refractivity contribution in [1.29, 1.82) is 5.26 Å². The fourth-order valence-electron chi connectivity index (χ4n) is 1.61. The van der Waals surface area contributed by atoms with Crippen LogP contribution in [0, 0.1) is 23.2 Å². The zero-order valence-electron chi connectivity index (χ0n) is 6.82. The number of nitriles is 1. The Balaban J connectivity index is 2.38. The summed E-state index contributed by atoms with van der Waals surface area (Å²) in [5.74, 6) is 0.914. The summed E-state index contributed by atoms with van der Waals surface area (Å²) < 4.78 is 0. The lowest BCUT2D eigenvalue weighted by Gasteiger charge is -2.09. The van der Waals surface area contributed by atoms with E-state index in [-0.39, 0.29) is 6.61 Å². The van der Waals surface area contributed by atoms with E-state index in [0.717, 1.165) is 13.1 Å². The molecule has 2 atom stereocenters. The average molecular weight is 154 g/mol. The van der Waals surface area contributed by atoms with Crippen LogP contribution in [0.25, 0.3) is 0 Å². The summed E-state index contributed by atoms with van der Waals surface area (Å²) in [6.07, 6.45) is 0. The Morgan fingerprint density at radius 1 is 1.64 bits per heavy atom. The lowest BCUT2D eigenvalue weighted by molar-refractivity contribution is 0.207. The van der Waals surface area contributed by atoms with Gasteiger partial charge in [0.2, 0.25) is 0 Å². The van der Waals surface area contributed by atoms with Crippen molar-refractivity contribution >= 4 is 0 Å². The first kappa shape index (κ1) is 8.51. The van der Waals surface area contributed by atoms with Gasteiger partial charge in [0.25, 0.3) is 0 Å². The maximum atomic E-state index is 8.91. The summed E-state index contributed by atoms with van der Waals surface area (Å²) in [5, 5.41) is 17.3. The summed E-state index contributed by atoms with van der Waals surface area (Å²) in [5.41, 5.74) is 0. The van der Waals surface area contributed by atoms with Crippen molar-refractivity contribution in [3.8, 4) is 6.07 Å². The molecular weight excluding hydrogens is 140 g/mol. The Kier molecular flexibility index (Phi) is 2.86. The molecule has 0 aromatic heterocycles. The second-order valence-corrected chi connectivity index (χ2v) is 3.27. The van der Waals surface area contributed by atoms with E-state index in [1.54, 1.807) is 0 Å². The molecule has 0 saturated carbocycles. The van der Waals surface area contributed by atoms with Gasteiger partial charge in [-0.2, -0.15) is 5.26 Å². The van der Waals surface area contributed by atoms with Crippen molar-refractivity contribution in [2.45, 2.75) is 6.92 Å². The third kappa shape index (κ3) is 1.92. The van der Waals surface area contributed by atoms with E-state index in [4.69, 9.17) is 10.4 Å². The molecule has 0 unspecified atom stereocenters. The number of likely N-dealkylation sites (tertiary alicyclic amines) is 1. The first-order valence-corrected chi connectivity index (χ1v) is 3.98. The molecule has 0 aliphatic carbocycles. The van der Waals surface area contributed by atoms with E-state index in [1.807, 2.05) is 0 Å². The van der Waals surface area contributed by atoms with Crippen LogP contribution in [0.2, 0.25) is 0 Å². The molecule has 0 radical (unpaired) electrons. The standard InChI is InChI=1S/C8H14N2O/c1-7-4-10(3-2-9)5-8(7)6-11/h7-8,11H,3-6H2,1H3/t7-,8+/m1/s1. The van der Waals surface area contributed by atoms with Gasteiger partial charge < -0.3 is 5.11 Å². The number of hydrogen-bond acceptors (Lipinski definition) is 3. The van der Waals surface area contributed by atoms with Crippen LogP contribution in [0.15, 0.2) is 0 Å². The maximum Gasteiger partial charge on any atom is 0.0866 e. The second-order valence-electron chi connectivity index (χ2n) is 3.27. The molecule has 1 saturated heterocycles. The summed E-state index contributed by atoms with van der Waals surface area (Å²) in [6.45, 7) is 4.71. The van der Waals surface area contributed by atoms with Crippen LogP contribution in [-0.4, -0.2) is 36.2 Å². The third-order valence-electron chi connectivity index (χ3n) is 2.37. The van der Waals surface area contributed by atoms with E-state index < -0.39 is 0 Å². The molecule has 0 bridgehead atoms. The topological polar surface area (TPSA) is 47.3 Å². The van der Waals surface area contributed by atoms with Crippen molar-refractivity contribution in [2.75, 3.05) is 26.2 Å². The van der Waals surface area contributed by atoms with Crippen molar-refractivity contribution in [2.24, 2.45) is 11.8 Å². The average Bonchev–Trinajstić information content (AvgIpc) is 2.32. The highest BCUT2D eigenvalue weighted by Crippen LogP contribution is 2.21. The molecule has 3 heteroatoms. The molecule has 11 heavy (non-hydrogen) atoms. The zero-order valence-corrected chi connectivity index (χ0v) is 6.82. The highest BCUT2D eigenvalue weighted by Gasteiger charge is 2.28. The lowest BCUT2D eigenvalue weighted by atomic mass is 10.00. The minimum absolute atomic E-state index is 0.253. The minimum atomic E-state index is 0.253. The molecule has 1 N–H and O–H groups in total. The Hall–Kier alpha value is -0.590. The third-order valence-corrected chi connectivity index (χ3v) is 2.37. The molecule has 0 spiro atoms. The zero-order chi connectivity index (χ0) is 8.27. The fraction of sp³-hybridized carbons (Fsp3) is 0.875. The van der Waals surface area contributed by atoms with Crippen molar-refractivity contribution < 1.29 is 5.11 Å². The molecule has 62 valence electrons. The van der Waals surface area contributed by atoms with Crippen LogP contribution in [0.3, 0.4) is 0 Å². The molecule has 1 aliphatic heterocycles.